The van der Waals surface area contributed by atoms with Gasteiger partial charge in [-0.3, -0.25) is 5.32 Å². The molecule has 1 heterocycles. The van der Waals surface area contributed by atoms with Crippen molar-refractivity contribution in [1.82, 2.24) is 14.7 Å². The van der Waals surface area contributed by atoms with Gasteiger partial charge in [0.15, 0.2) is 0 Å². The van der Waals surface area contributed by atoms with Gasteiger partial charge in [-0.1, -0.05) is 30.3 Å². The first-order valence-corrected chi connectivity index (χ1v) is 9.99. The van der Waals surface area contributed by atoms with Crippen molar-refractivity contribution in [2.75, 3.05) is 5.32 Å². The summed E-state index contributed by atoms with van der Waals surface area (Å²) in [6.07, 6.45) is 2.82. The van der Waals surface area contributed by atoms with E-state index in [1.807, 2.05) is 4.72 Å². The number of aromatic nitrogens is 2. The molecule has 2 N–H and O–H groups in total. The highest BCUT2D eigenvalue weighted by Crippen LogP contribution is 2.23. The van der Waals surface area contributed by atoms with Crippen LogP contribution in [0.3, 0.4) is 0 Å². The SMILES string of the molecule is C=Cc1ccc(Cl)c(S(=O)(=O)NC(=O)Nc2nccc(-c3ccc(F)cc3)n2)c1. The van der Waals surface area contributed by atoms with Crippen LogP contribution in [0.1, 0.15) is 5.56 Å². The first kappa shape index (κ1) is 20.4. The van der Waals surface area contributed by atoms with Crippen molar-refractivity contribution in [3.8, 4) is 11.3 Å². The van der Waals surface area contributed by atoms with Crippen molar-refractivity contribution in [3.63, 3.8) is 0 Å². The van der Waals surface area contributed by atoms with Gasteiger partial charge in [0, 0.05) is 11.8 Å². The van der Waals surface area contributed by atoms with Crippen LogP contribution < -0.4 is 10.0 Å². The number of hydrogen-bond donors (Lipinski definition) is 2. The number of sulfonamides is 1. The van der Waals surface area contributed by atoms with Crippen LogP contribution in [-0.4, -0.2) is 24.4 Å². The third-order valence-electron chi connectivity index (χ3n) is 3.73. The van der Waals surface area contributed by atoms with Gasteiger partial charge in [0.05, 0.1) is 10.7 Å². The summed E-state index contributed by atoms with van der Waals surface area (Å²) >= 11 is 5.94. The van der Waals surface area contributed by atoms with Gasteiger partial charge in [0.1, 0.15) is 10.7 Å². The maximum Gasteiger partial charge on any atom is 0.335 e. The Balaban J connectivity index is 1.78. The summed E-state index contributed by atoms with van der Waals surface area (Å²) in [6, 6.07) is 10.3. The summed E-state index contributed by atoms with van der Waals surface area (Å²) < 4.78 is 39.9. The summed E-state index contributed by atoms with van der Waals surface area (Å²) in [7, 11) is -4.25. The van der Waals surface area contributed by atoms with Gasteiger partial charge < -0.3 is 0 Å². The normalized spacial score (nSPS) is 11.0. The topological polar surface area (TPSA) is 101 Å². The van der Waals surface area contributed by atoms with Gasteiger partial charge in [-0.15, -0.1) is 0 Å². The predicted molar refractivity (Wildman–Crippen MR) is 108 cm³/mol. The standard InChI is InChI=1S/C19H14ClFN4O3S/c1-2-12-3-8-15(20)17(11-12)29(27,28)25-19(26)24-18-22-10-9-16(23-18)13-4-6-14(21)7-5-13/h2-11H,1H2,(H2,22,23,24,25,26). The molecule has 0 atom stereocenters. The Labute approximate surface area is 171 Å². The lowest BCUT2D eigenvalue weighted by Crippen LogP contribution is -2.35. The molecule has 0 radical (unpaired) electrons. The average Bonchev–Trinajstić information content (AvgIpc) is 2.68. The number of hydrogen-bond acceptors (Lipinski definition) is 5. The molecule has 0 aliphatic heterocycles. The van der Waals surface area contributed by atoms with Crippen LogP contribution in [0, 0.1) is 5.82 Å². The second kappa shape index (κ2) is 8.38. The monoisotopic (exact) mass is 432 g/mol. The Morgan fingerprint density at radius 1 is 1.14 bits per heavy atom. The van der Waals surface area contributed by atoms with E-state index in [-0.39, 0.29) is 15.9 Å². The molecular weight excluding hydrogens is 419 g/mol. The number of amides is 2. The van der Waals surface area contributed by atoms with Crippen molar-refractivity contribution in [2.24, 2.45) is 0 Å². The molecule has 0 aliphatic carbocycles. The molecule has 0 spiro atoms. The second-order valence-electron chi connectivity index (χ2n) is 5.73. The van der Waals surface area contributed by atoms with Crippen LogP contribution in [0.15, 0.2) is 66.2 Å². The number of halogens is 2. The summed E-state index contributed by atoms with van der Waals surface area (Å²) in [4.78, 5) is 19.9. The molecule has 2 aromatic carbocycles. The first-order valence-electron chi connectivity index (χ1n) is 8.13. The van der Waals surface area contributed by atoms with E-state index in [1.165, 1.54) is 48.7 Å². The fourth-order valence-corrected chi connectivity index (χ4v) is 3.80. The summed E-state index contributed by atoms with van der Waals surface area (Å²) in [5.41, 5.74) is 1.53. The third kappa shape index (κ3) is 4.95. The summed E-state index contributed by atoms with van der Waals surface area (Å²) in [5, 5.41) is 2.20. The van der Waals surface area contributed by atoms with Gasteiger partial charge in [-0.25, -0.2) is 32.3 Å². The molecule has 148 valence electrons. The number of anilines is 1. The van der Waals surface area contributed by atoms with Gasteiger partial charge >= 0.3 is 6.03 Å². The van der Waals surface area contributed by atoms with Crippen LogP contribution >= 0.6 is 11.6 Å². The first-order chi connectivity index (χ1) is 13.8. The van der Waals surface area contributed by atoms with E-state index in [0.29, 0.717) is 16.8 Å². The van der Waals surface area contributed by atoms with Crippen LogP contribution in [0.2, 0.25) is 5.02 Å². The highest BCUT2D eigenvalue weighted by atomic mass is 35.5. The van der Waals surface area contributed by atoms with Gasteiger partial charge in [0.2, 0.25) is 5.95 Å². The quantitative estimate of drug-likeness (QED) is 0.632. The number of nitrogens with one attached hydrogen (secondary N) is 2. The molecule has 29 heavy (non-hydrogen) atoms. The minimum absolute atomic E-state index is 0.0505. The zero-order valence-electron chi connectivity index (χ0n) is 14.8. The average molecular weight is 433 g/mol. The maximum atomic E-state index is 13.1. The van der Waals surface area contributed by atoms with Crippen LogP contribution in [0.25, 0.3) is 17.3 Å². The zero-order chi connectivity index (χ0) is 21.0. The van der Waals surface area contributed by atoms with Crippen LogP contribution in [0.5, 0.6) is 0 Å². The molecule has 3 rings (SSSR count). The maximum absolute atomic E-state index is 13.1. The largest absolute Gasteiger partial charge is 0.335 e. The smallest absolute Gasteiger partial charge is 0.275 e. The number of benzene rings is 2. The molecular formula is C19H14ClFN4O3S. The Hall–Kier alpha value is -3.30. The van der Waals surface area contributed by atoms with E-state index in [9.17, 15) is 17.6 Å². The molecule has 0 unspecified atom stereocenters. The van der Waals surface area contributed by atoms with E-state index in [2.05, 4.69) is 21.9 Å². The van der Waals surface area contributed by atoms with Crippen molar-refractivity contribution in [2.45, 2.75) is 4.90 Å². The molecule has 0 saturated heterocycles. The number of carbonyl (C=O) groups excluding carboxylic acids is 1. The number of urea groups is 1. The van der Waals surface area contributed by atoms with Crippen molar-refractivity contribution < 1.29 is 17.6 Å². The van der Waals surface area contributed by atoms with E-state index >= 15 is 0 Å². The number of rotatable bonds is 5. The van der Waals surface area contributed by atoms with Crippen LogP contribution in [0.4, 0.5) is 15.1 Å². The highest BCUT2D eigenvalue weighted by molar-refractivity contribution is 7.90. The minimum Gasteiger partial charge on any atom is -0.275 e. The molecule has 2 amide bonds. The molecule has 3 aromatic rings. The lowest BCUT2D eigenvalue weighted by atomic mass is 10.1. The van der Waals surface area contributed by atoms with Gasteiger partial charge in [0.25, 0.3) is 10.0 Å². The summed E-state index contributed by atoms with van der Waals surface area (Å²) in [6.45, 7) is 3.56. The highest BCUT2D eigenvalue weighted by Gasteiger charge is 2.21. The van der Waals surface area contributed by atoms with E-state index in [4.69, 9.17) is 11.6 Å². The minimum atomic E-state index is -4.25. The Morgan fingerprint density at radius 2 is 1.86 bits per heavy atom. The molecule has 7 nitrogen and oxygen atoms in total. The van der Waals surface area contributed by atoms with Crippen molar-refractivity contribution in [3.05, 3.63) is 77.7 Å². The van der Waals surface area contributed by atoms with Crippen LogP contribution in [-0.2, 0) is 10.0 Å². The van der Waals surface area contributed by atoms with Crippen molar-refractivity contribution >= 4 is 39.7 Å². The van der Waals surface area contributed by atoms with E-state index in [0.717, 1.165) is 0 Å². The van der Waals surface area contributed by atoms with Crippen molar-refractivity contribution in [1.29, 1.82) is 0 Å². The van der Waals surface area contributed by atoms with Gasteiger partial charge in [-0.2, -0.15) is 0 Å². The number of nitrogens with zero attached hydrogens (tertiary/aromatic N) is 2. The molecule has 0 aliphatic rings. The Bertz CT molecular complexity index is 1180. The lowest BCUT2D eigenvalue weighted by molar-refractivity contribution is 0.256. The molecule has 10 heteroatoms. The second-order valence-corrected chi connectivity index (χ2v) is 7.78. The number of carbonyl (C=O) groups is 1. The fraction of sp³-hybridized carbons (Fsp3) is 0. The molecule has 0 bridgehead atoms. The van der Waals surface area contributed by atoms with E-state index in [1.54, 1.807) is 12.1 Å². The van der Waals surface area contributed by atoms with Gasteiger partial charge in [-0.05, 0) is 48.0 Å². The Kier molecular flexibility index (Phi) is 5.90. The zero-order valence-corrected chi connectivity index (χ0v) is 16.3. The summed E-state index contributed by atoms with van der Waals surface area (Å²) in [5.74, 6) is -0.532. The lowest BCUT2D eigenvalue weighted by Gasteiger charge is -2.10. The molecule has 0 saturated carbocycles. The fourth-order valence-electron chi connectivity index (χ4n) is 2.36. The third-order valence-corrected chi connectivity index (χ3v) is 5.54. The molecule has 0 fully saturated rings. The Morgan fingerprint density at radius 3 is 2.55 bits per heavy atom. The predicted octanol–water partition coefficient (Wildman–Crippen LogP) is 4.09. The molecule has 1 aromatic heterocycles. The van der Waals surface area contributed by atoms with E-state index < -0.39 is 21.9 Å².